The zero-order valence-corrected chi connectivity index (χ0v) is 11.7. The van der Waals surface area contributed by atoms with E-state index < -0.39 is 17.5 Å². The highest BCUT2D eigenvalue weighted by molar-refractivity contribution is 7.15. The van der Waals surface area contributed by atoms with E-state index in [9.17, 15) is 13.2 Å². The van der Waals surface area contributed by atoms with E-state index in [1.54, 1.807) is 10.6 Å². The molecule has 0 saturated heterocycles. The van der Waals surface area contributed by atoms with Gasteiger partial charge in [-0.05, 0) is 12.1 Å². The zero-order chi connectivity index (χ0) is 15.0. The molecule has 0 aliphatic rings. The first-order valence-electron chi connectivity index (χ1n) is 5.97. The van der Waals surface area contributed by atoms with Gasteiger partial charge in [0.15, 0.2) is 22.4 Å². The lowest BCUT2D eigenvalue weighted by atomic mass is 10.2. The largest absolute Gasteiger partial charge is 0.480 e. The third-order valence-corrected chi connectivity index (χ3v) is 3.76. The van der Waals surface area contributed by atoms with Crippen molar-refractivity contribution in [1.82, 2.24) is 9.38 Å². The number of thiazole rings is 1. The third kappa shape index (κ3) is 2.31. The van der Waals surface area contributed by atoms with Gasteiger partial charge in [-0.25, -0.2) is 13.2 Å². The summed E-state index contributed by atoms with van der Waals surface area (Å²) in [5.74, 6) is -3.57. The smallest absolute Gasteiger partial charge is 0.238 e. The molecule has 1 N–H and O–H groups in total. The van der Waals surface area contributed by atoms with Gasteiger partial charge in [0.1, 0.15) is 5.69 Å². The van der Waals surface area contributed by atoms with Crippen LogP contribution >= 0.6 is 11.3 Å². The van der Waals surface area contributed by atoms with Gasteiger partial charge in [0, 0.05) is 11.6 Å². The highest BCUT2D eigenvalue weighted by Crippen LogP contribution is 2.25. The molecular formula is C13H10F3N3OS. The number of methoxy groups -OCH3 is 1. The van der Waals surface area contributed by atoms with Crippen LogP contribution in [0, 0.1) is 17.5 Å². The molecular weight excluding hydrogens is 303 g/mol. The van der Waals surface area contributed by atoms with E-state index >= 15 is 0 Å². The number of anilines is 1. The fourth-order valence-corrected chi connectivity index (χ4v) is 2.70. The molecule has 0 aliphatic heterocycles. The second kappa shape index (κ2) is 5.28. The van der Waals surface area contributed by atoms with Crippen molar-refractivity contribution in [2.75, 3.05) is 12.4 Å². The lowest BCUT2D eigenvalue weighted by Gasteiger charge is -2.09. The molecule has 110 valence electrons. The first-order chi connectivity index (χ1) is 10.1. The molecule has 0 spiro atoms. The molecule has 8 heteroatoms. The number of nitrogens with one attached hydrogen (secondary N) is 1. The number of hydrogen-bond acceptors (Lipinski definition) is 4. The van der Waals surface area contributed by atoms with E-state index in [4.69, 9.17) is 4.74 Å². The Kier molecular flexibility index (Phi) is 3.46. The van der Waals surface area contributed by atoms with E-state index in [0.29, 0.717) is 11.6 Å². The summed E-state index contributed by atoms with van der Waals surface area (Å²) in [6.07, 6.45) is 1.80. The molecule has 3 rings (SSSR count). The lowest BCUT2D eigenvalue weighted by Crippen LogP contribution is -2.06. The summed E-state index contributed by atoms with van der Waals surface area (Å²) in [5, 5.41) is 4.57. The van der Waals surface area contributed by atoms with E-state index in [-0.39, 0.29) is 12.2 Å². The molecule has 0 bridgehead atoms. The predicted octanol–water partition coefficient (Wildman–Crippen LogP) is 3.43. The summed E-state index contributed by atoms with van der Waals surface area (Å²) in [5.41, 5.74) is 0.541. The SMILES string of the molecule is COc1nc2sccn2c1CNc1ccc(F)c(F)c1F. The Labute approximate surface area is 121 Å². The number of nitrogens with zero attached hydrogens (tertiary/aromatic N) is 2. The number of hydrogen-bond donors (Lipinski definition) is 1. The van der Waals surface area contributed by atoms with Crippen molar-refractivity contribution >= 4 is 22.0 Å². The van der Waals surface area contributed by atoms with Gasteiger partial charge in [0.25, 0.3) is 0 Å². The van der Waals surface area contributed by atoms with Crippen LogP contribution in [0.25, 0.3) is 4.96 Å². The number of aromatic nitrogens is 2. The van der Waals surface area contributed by atoms with Crippen LogP contribution in [-0.4, -0.2) is 16.5 Å². The average molecular weight is 313 g/mol. The molecule has 0 fully saturated rings. The Balaban J connectivity index is 1.90. The highest BCUT2D eigenvalue weighted by Gasteiger charge is 2.16. The Hall–Kier alpha value is -2.22. The molecule has 1 aromatic carbocycles. The van der Waals surface area contributed by atoms with E-state index in [2.05, 4.69) is 10.3 Å². The van der Waals surface area contributed by atoms with Crippen molar-refractivity contribution in [3.05, 3.63) is 46.9 Å². The summed E-state index contributed by atoms with van der Waals surface area (Å²) >= 11 is 1.43. The quantitative estimate of drug-likeness (QED) is 0.750. The van der Waals surface area contributed by atoms with E-state index in [1.165, 1.54) is 18.4 Å². The number of ether oxygens (including phenoxy) is 1. The van der Waals surface area contributed by atoms with Crippen LogP contribution in [0.5, 0.6) is 5.88 Å². The molecule has 0 unspecified atom stereocenters. The minimum atomic E-state index is -1.50. The van der Waals surface area contributed by atoms with Crippen molar-refractivity contribution < 1.29 is 17.9 Å². The van der Waals surface area contributed by atoms with Gasteiger partial charge in [-0.15, -0.1) is 11.3 Å². The van der Waals surface area contributed by atoms with Crippen molar-refractivity contribution in [3.8, 4) is 5.88 Å². The topological polar surface area (TPSA) is 38.6 Å². The molecule has 0 aliphatic carbocycles. The molecule has 21 heavy (non-hydrogen) atoms. The van der Waals surface area contributed by atoms with Gasteiger partial charge < -0.3 is 10.1 Å². The number of halogens is 3. The summed E-state index contributed by atoms with van der Waals surface area (Å²) < 4.78 is 46.6. The Bertz CT molecular complexity index is 799. The van der Waals surface area contributed by atoms with Crippen molar-refractivity contribution in [3.63, 3.8) is 0 Å². The summed E-state index contributed by atoms with van der Waals surface area (Å²) in [4.78, 5) is 4.98. The van der Waals surface area contributed by atoms with E-state index in [1.807, 2.05) is 5.38 Å². The van der Waals surface area contributed by atoms with Gasteiger partial charge >= 0.3 is 0 Å². The molecule has 2 aromatic heterocycles. The maximum absolute atomic E-state index is 13.6. The molecule has 4 nitrogen and oxygen atoms in total. The predicted molar refractivity (Wildman–Crippen MR) is 73.3 cm³/mol. The minimum absolute atomic E-state index is 0.124. The fourth-order valence-electron chi connectivity index (χ4n) is 1.98. The number of fused-ring (bicyclic) bond motifs is 1. The van der Waals surface area contributed by atoms with Crippen LogP contribution in [0.2, 0.25) is 0 Å². The number of rotatable bonds is 4. The zero-order valence-electron chi connectivity index (χ0n) is 10.9. The van der Waals surface area contributed by atoms with Gasteiger partial charge in [0.05, 0.1) is 19.3 Å². The normalized spacial score (nSPS) is 11.0. The van der Waals surface area contributed by atoms with Crippen LogP contribution in [-0.2, 0) is 6.54 Å². The molecule has 0 radical (unpaired) electrons. The molecule has 0 saturated carbocycles. The van der Waals surface area contributed by atoms with Crippen molar-refractivity contribution in [2.24, 2.45) is 0 Å². The average Bonchev–Trinajstić information content (AvgIpc) is 3.05. The lowest BCUT2D eigenvalue weighted by molar-refractivity contribution is 0.395. The molecule has 3 aromatic rings. The monoisotopic (exact) mass is 313 g/mol. The maximum atomic E-state index is 13.6. The summed E-state index contributed by atoms with van der Waals surface area (Å²) in [7, 11) is 1.48. The van der Waals surface area contributed by atoms with Crippen LogP contribution < -0.4 is 10.1 Å². The Morgan fingerprint density at radius 1 is 1.29 bits per heavy atom. The van der Waals surface area contributed by atoms with Crippen LogP contribution in [0.1, 0.15) is 5.69 Å². The standard InChI is InChI=1S/C13H10F3N3OS/c1-20-12-9(19-4-5-21-13(19)18-12)6-17-8-3-2-7(14)10(15)11(8)16/h2-5,17H,6H2,1H3. The van der Waals surface area contributed by atoms with Crippen molar-refractivity contribution in [2.45, 2.75) is 6.54 Å². The first kappa shape index (κ1) is 13.7. The first-order valence-corrected chi connectivity index (χ1v) is 6.85. The van der Waals surface area contributed by atoms with Crippen LogP contribution in [0.15, 0.2) is 23.7 Å². The third-order valence-electron chi connectivity index (χ3n) is 3.00. The number of imidazole rings is 1. The van der Waals surface area contributed by atoms with Crippen LogP contribution in [0.4, 0.5) is 18.9 Å². The Morgan fingerprint density at radius 3 is 2.86 bits per heavy atom. The number of benzene rings is 1. The van der Waals surface area contributed by atoms with Gasteiger partial charge in [-0.2, -0.15) is 4.98 Å². The molecule has 0 amide bonds. The van der Waals surface area contributed by atoms with Crippen molar-refractivity contribution in [1.29, 1.82) is 0 Å². The summed E-state index contributed by atoms with van der Waals surface area (Å²) in [6.45, 7) is 0.156. The molecule has 0 atom stereocenters. The second-order valence-corrected chi connectivity index (χ2v) is 5.07. The highest BCUT2D eigenvalue weighted by atomic mass is 32.1. The fraction of sp³-hybridized carbons (Fsp3) is 0.154. The minimum Gasteiger partial charge on any atom is -0.480 e. The second-order valence-electron chi connectivity index (χ2n) is 4.20. The maximum Gasteiger partial charge on any atom is 0.238 e. The van der Waals surface area contributed by atoms with Gasteiger partial charge in [-0.1, -0.05) is 0 Å². The molecule has 2 heterocycles. The Morgan fingerprint density at radius 2 is 2.10 bits per heavy atom. The summed E-state index contributed by atoms with van der Waals surface area (Å²) in [6, 6.07) is 2.01. The van der Waals surface area contributed by atoms with Gasteiger partial charge in [-0.3, -0.25) is 4.40 Å². The van der Waals surface area contributed by atoms with Gasteiger partial charge in [0.2, 0.25) is 5.88 Å². The van der Waals surface area contributed by atoms with E-state index in [0.717, 1.165) is 17.1 Å². The van der Waals surface area contributed by atoms with Crippen LogP contribution in [0.3, 0.4) is 0 Å².